The van der Waals surface area contributed by atoms with Crippen LogP contribution in [0.4, 0.5) is 0 Å². The van der Waals surface area contributed by atoms with Crippen LogP contribution < -0.4 is 5.32 Å². The van der Waals surface area contributed by atoms with Crippen molar-refractivity contribution in [2.45, 2.75) is 39.0 Å². The number of hydrogen-bond donors (Lipinski definition) is 1. The minimum atomic E-state index is 0.686. The van der Waals surface area contributed by atoms with Crippen LogP contribution in [0.5, 0.6) is 0 Å². The summed E-state index contributed by atoms with van der Waals surface area (Å²) in [6.07, 6.45) is 7.42. The van der Waals surface area contributed by atoms with Crippen molar-refractivity contribution < 1.29 is 4.74 Å². The van der Waals surface area contributed by atoms with Crippen molar-refractivity contribution in [3.63, 3.8) is 0 Å². The Morgan fingerprint density at radius 1 is 1.40 bits per heavy atom. The molecule has 15 heavy (non-hydrogen) atoms. The van der Waals surface area contributed by atoms with Crippen molar-refractivity contribution >= 4 is 0 Å². The lowest BCUT2D eigenvalue weighted by Crippen LogP contribution is -2.24. The first-order valence-corrected chi connectivity index (χ1v) is 6.44. The fourth-order valence-electron chi connectivity index (χ4n) is 2.88. The third-order valence-corrected chi connectivity index (χ3v) is 4.39. The first-order valence-electron chi connectivity index (χ1n) is 6.44. The second-order valence-electron chi connectivity index (χ2n) is 5.75. The highest BCUT2D eigenvalue weighted by atomic mass is 16.5. The van der Waals surface area contributed by atoms with E-state index in [0.717, 1.165) is 25.0 Å². The largest absolute Gasteiger partial charge is 0.383 e. The molecule has 2 nitrogen and oxygen atoms in total. The molecule has 2 heteroatoms. The molecule has 0 amide bonds. The molecule has 88 valence electrons. The number of ether oxygens (including phenoxy) is 1. The Hall–Kier alpha value is -0.0800. The second kappa shape index (κ2) is 4.84. The maximum absolute atomic E-state index is 5.02. The van der Waals surface area contributed by atoms with E-state index in [1.54, 1.807) is 7.11 Å². The van der Waals surface area contributed by atoms with Crippen LogP contribution in [0, 0.1) is 17.3 Å². The average Bonchev–Trinajstić information content (AvgIpc) is 2.79. The minimum Gasteiger partial charge on any atom is -0.383 e. The van der Waals surface area contributed by atoms with Gasteiger partial charge in [-0.1, -0.05) is 26.2 Å². The van der Waals surface area contributed by atoms with E-state index in [1.165, 1.54) is 38.6 Å². The molecule has 0 heterocycles. The van der Waals surface area contributed by atoms with Crippen LogP contribution in [0.25, 0.3) is 0 Å². The lowest BCUT2D eigenvalue weighted by Gasteiger charge is -2.28. The zero-order valence-electron chi connectivity index (χ0n) is 10.2. The van der Waals surface area contributed by atoms with Crippen LogP contribution in [0.15, 0.2) is 0 Å². The van der Waals surface area contributed by atoms with Gasteiger partial charge in [0, 0.05) is 13.7 Å². The Morgan fingerprint density at radius 3 is 2.80 bits per heavy atom. The summed E-state index contributed by atoms with van der Waals surface area (Å²) in [7, 11) is 1.76. The molecule has 2 aliphatic rings. The van der Waals surface area contributed by atoms with Gasteiger partial charge in [-0.25, -0.2) is 0 Å². The molecule has 2 aliphatic carbocycles. The van der Waals surface area contributed by atoms with E-state index in [0.29, 0.717) is 5.41 Å². The lowest BCUT2D eigenvalue weighted by molar-refractivity contribution is 0.197. The molecule has 0 bridgehead atoms. The van der Waals surface area contributed by atoms with E-state index >= 15 is 0 Å². The highest BCUT2D eigenvalue weighted by Gasteiger charge is 2.50. The maximum atomic E-state index is 5.02. The van der Waals surface area contributed by atoms with E-state index in [-0.39, 0.29) is 0 Å². The second-order valence-corrected chi connectivity index (χ2v) is 5.75. The topological polar surface area (TPSA) is 21.3 Å². The van der Waals surface area contributed by atoms with Crippen LogP contribution in [0.3, 0.4) is 0 Å². The molecule has 0 aromatic rings. The smallest absolute Gasteiger partial charge is 0.0587 e. The normalized spacial score (nSPS) is 35.2. The van der Waals surface area contributed by atoms with Gasteiger partial charge in [-0.3, -0.25) is 0 Å². The average molecular weight is 211 g/mol. The SMILES string of the molecule is COCCNCC1CC1(C)CC1CCC1. The van der Waals surface area contributed by atoms with Gasteiger partial charge in [0.1, 0.15) is 0 Å². The van der Waals surface area contributed by atoms with Crippen LogP contribution >= 0.6 is 0 Å². The number of methoxy groups -OCH3 is 1. The van der Waals surface area contributed by atoms with Crippen molar-refractivity contribution in [1.82, 2.24) is 5.32 Å². The van der Waals surface area contributed by atoms with Crippen molar-refractivity contribution in [3.8, 4) is 0 Å². The van der Waals surface area contributed by atoms with Gasteiger partial charge in [0.15, 0.2) is 0 Å². The zero-order chi connectivity index (χ0) is 10.7. The molecule has 0 radical (unpaired) electrons. The van der Waals surface area contributed by atoms with Gasteiger partial charge >= 0.3 is 0 Å². The summed E-state index contributed by atoms with van der Waals surface area (Å²) in [4.78, 5) is 0. The molecule has 1 N–H and O–H groups in total. The van der Waals surface area contributed by atoms with Crippen molar-refractivity contribution in [2.75, 3.05) is 26.8 Å². The van der Waals surface area contributed by atoms with Gasteiger partial charge in [0.25, 0.3) is 0 Å². The quantitative estimate of drug-likeness (QED) is 0.653. The highest BCUT2D eigenvalue weighted by Crippen LogP contribution is 2.57. The molecular weight excluding hydrogens is 186 g/mol. The number of hydrogen-bond acceptors (Lipinski definition) is 2. The molecule has 2 fully saturated rings. The standard InChI is InChI=1S/C13H25NO/c1-13(8-11-4-3-5-11)9-12(13)10-14-6-7-15-2/h11-12,14H,3-10H2,1-2H3. The van der Waals surface area contributed by atoms with E-state index in [9.17, 15) is 0 Å². The maximum Gasteiger partial charge on any atom is 0.0587 e. The van der Waals surface area contributed by atoms with Crippen LogP contribution in [-0.2, 0) is 4.74 Å². The summed E-state index contributed by atoms with van der Waals surface area (Å²) in [5, 5.41) is 3.49. The molecule has 0 saturated heterocycles. The Labute approximate surface area is 93.8 Å². The Kier molecular flexibility index (Phi) is 3.68. The fraction of sp³-hybridized carbons (Fsp3) is 1.00. The Bertz CT molecular complexity index is 203. The Balaban J connectivity index is 1.56. The summed E-state index contributed by atoms with van der Waals surface area (Å²) in [5.41, 5.74) is 0.686. The van der Waals surface area contributed by atoms with Crippen molar-refractivity contribution in [3.05, 3.63) is 0 Å². The highest BCUT2D eigenvalue weighted by molar-refractivity contribution is 5.01. The summed E-state index contributed by atoms with van der Waals surface area (Å²) in [5.74, 6) is 2.01. The van der Waals surface area contributed by atoms with E-state index in [1.807, 2.05) is 0 Å². The lowest BCUT2D eigenvalue weighted by atomic mass is 9.77. The fourth-order valence-corrected chi connectivity index (χ4v) is 2.88. The van der Waals surface area contributed by atoms with Gasteiger partial charge < -0.3 is 10.1 Å². The van der Waals surface area contributed by atoms with Crippen molar-refractivity contribution in [2.24, 2.45) is 17.3 Å². The van der Waals surface area contributed by atoms with Gasteiger partial charge in [-0.2, -0.15) is 0 Å². The predicted octanol–water partition coefficient (Wildman–Crippen LogP) is 2.44. The molecule has 0 aromatic carbocycles. The summed E-state index contributed by atoms with van der Waals surface area (Å²) < 4.78 is 5.02. The van der Waals surface area contributed by atoms with Crippen LogP contribution in [-0.4, -0.2) is 26.8 Å². The third kappa shape index (κ3) is 2.94. The molecule has 2 atom stereocenters. The van der Waals surface area contributed by atoms with Crippen LogP contribution in [0.1, 0.15) is 39.0 Å². The number of nitrogens with one attached hydrogen (secondary N) is 1. The predicted molar refractivity (Wildman–Crippen MR) is 62.9 cm³/mol. The van der Waals surface area contributed by atoms with E-state index in [2.05, 4.69) is 12.2 Å². The summed E-state index contributed by atoms with van der Waals surface area (Å²) in [6.45, 7) is 5.53. The minimum absolute atomic E-state index is 0.686. The molecule has 0 spiro atoms. The van der Waals surface area contributed by atoms with Gasteiger partial charge in [-0.15, -0.1) is 0 Å². The molecule has 0 aliphatic heterocycles. The molecule has 2 rings (SSSR count). The Morgan fingerprint density at radius 2 is 2.20 bits per heavy atom. The van der Waals surface area contributed by atoms with Crippen LogP contribution in [0.2, 0.25) is 0 Å². The third-order valence-electron chi connectivity index (χ3n) is 4.39. The van der Waals surface area contributed by atoms with E-state index in [4.69, 9.17) is 4.74 Å². The van der Waals surface area contributed by atoms with Gasteiger partial charge in [0.05, 0.1) is 6.61 Å². The van der Waals surface area contributed by atoms with Crippen molar-refractivity contribution in [1.29, 1.82) is 0 Å². The first-order chi connectivity index (χ1) is 7.24. The molecule has 2 unspecified atom stereocenters. The molecular formula is C13H25NO. The van der Waals surface area contributed by atoms with Gasteiger partial charge in [-0.05, 0) is 36.6 Å². The first kappa shape index (κ1) is 11.4. The zero-order valence-corrected chi connectivity index (χ0v) is 10.2. The summed E-state index contributed by atoms with van der Waals surface area (Å²) in [6, 6.07) is 0. The van der Waals surface area contributed by atoms with Gasteiger partial charge in [0.2, 0.25) is 0 Å². The monoisotopic (exact) mass is 211 g/mol. The summed E-state index contributed by atoms with van der Waals surface area (Å²) >= 11 is 0. The molecule has 0 aromatic heterocycles. The molecule has 2 saturated carbocycles. The number of rotatable bonds is 7. The van der Waals surface area contributed by atoms with E-state index < -0.39 is 0 Å².